The summed E-state index contributed by atoms with van der Waals surface area (Å²) in [5, 5.41) is 2.70. The Morgan fingerprint density at radius 1 is 1.00 bits per heavy atom. The topological polar surface area (TPSA) is 75.3 Å². The average Bonchev–Trinajstić information content (AvgIpc) is 2.49. The third kappa shape index (κ3) is 4.32. The van der Waals surface area contributed by atoms with Gasteiger partial charge in [-0.15, -0.1) is 0 Å². The van der Waals surface area contributed by atoms with E-state index in [0.717, 1.165) is 11.1 Å². The molecule has 0 atom stereocenters. The molecule has 0 aromatic heterocycles. The van der Waals surface area contributed by atoms with Crippen LogP contribution in [-0.4, -0.2) is 14.3 Å². The van der Waals surface area contributed by atoms with E-state index in [2.05, 4.69) is 10.0 Å². The molecule has 0 bridgehead atoms. The molecule has 0 aliphatic rings. The van der Waals surface area contributed by atoms with Crippen LogP contribution in [0.25, 0.3) is 0 Å². The zero-order valence-electron chi connectivity index (χ0n) is 13.4. The Balaban J connectivity index is 2.25. The Bertz CT molecular complexity index is 829. The van der Waals surface area contributed by atoms with Gasteiger partial charge in [-0.05, 0) is 55.3 Å². The first-order valence-corrected chi connectivity index (χ1v) is 8.80. The fourth-order valence-electron chi connectivity index (χ4n) is 2.00. The standard InChI is InChI=1S/C17H20N2O3S/c1-4-17(20)18-14-6-5-7-15(11-14)19-23(21,22)16-9-8-12(2)13(3)10-16/h5-11,19H,4H2,1-3H3,(H,18,20). The number of amides is 1. The first kappa shape index (κ1) is 17.0. The van der Waals surface area contributed by atoms with E-state index in [1.807, 2.05) is 13.8 Å². The van der Waals surface area contributed by atoms with E-state index < -0.39 is 10.0 Å². The number of sulfonamides is 1. The summed E-state index contributed by atoms with van der Waals surface area (Å²) in [5.74, 6) is -0.126. The van der Waals surface area contributed by atoms with Gasteiger partial charge in [-0.2, -0.15) is 0 Å². The fraction of sp³-hybridized carbons (Fsp3) is 0.235. The second-order valence-corrected chi connectivity index (χ2v) is 7.02. The lowest BCUT2D eigenvalue weighted by Gasteiger charge is -2.11. The average molecular weight is 332 g/mol. The van der Waals surface area contributed by atoms with Crippen LogP contribution in [0.15, 0.2) is 47.4 Å². The Morgan fingerprint density at radius 2 is 1.70 bits per heavy atom. The molecule has 0 unspecified atom stereocenters. The van der Waals surface area contributed by atoms with Crippen molar-refractivity contribution in [1.82, 2.24) is 0 Å². The maximum atomic E-state index is 12.5. The molecule has 5 nitrogen and oxygen atoms in total. The van der Waals surface area contributed by atoms with Crippen molar-refractivity contribution >= 4 is 27.3 Å². The summed E-state index contributed by atoms with van der Waals surface area (Å²) in [4.78, 5) is 11.6. The van der Waals surface area contributed by atoms with Crippen molar-refractivity contribution < 1.29 is 13.2 Å². The zero-order chi connectivity index (χ0) is 17.0. The van der Waals surface area contributed by atoms with Crippen LogP contribution in [0.2, 0.25) is 0 Å². The normalized spacial score (nSPS) is 11.1. The van der Waals surface area contributed by atoms with Crippen molar-refractivity contribution in [2.45, 2.75) is 32.1 Å². The number of carbonyl (C=O) groups excluding carboxylic acids is 1. The molecule has 122 valence electrons. The molecule has 0 fully saturated rings. The van der Waals surface area contributed by atoms with Crippen LogP contribution in [0.3, 0.4) is 0 Å². The number of benzene rings is 2. The van der Waals surface area contributed by atoms with E-state index in [1.54, 1.807) is 49.4 Å². The zero-order valence-corrected chi connectivity index (χ0v) is 14.2. The van der Waals surface area contributed by atoms with E-state index in [-0.39, 0.29) is 10.8 Å². The molecule has 0 aliphatic heterocycles. The number of aryl methyl sites for hydroxylation is 2. The molecule has 2 N–H and O–H groups in total. The number of hydrogen-bond acceptors (Lipinski definition) is 3. The summed E-state index contributed by atoms with van der Waals surface area (Å²) in [6.45, 7) is 5.55. The van der Waals surface area contributed by atoms with E-state index in [0.29, 0.717) is 17.8 Å². The van der Waals surface area contributed by atoms with Crippen molar-refractivity contribution in [2.24, 2.45) is 0 Å². The Morgan fingerprint density at radius 3 is 2.35 bits per heavy atom. The molecule has 0 aliphatic carbocycles. The summed E-state index contributed by atoms with van der Waals surface area (Å²) < 4.78 is 27.4. The smallest absolute Gasteiger partial charge is 0.261 e. The maximum absolute atomic E-state index is 12.5. The molecular weight excluding hydrogens is 312 g/mol. The minimum absolute atomic E-state index is 0.126. The first-order valence-electron chi connectivity index (χ1n) is 7.32. The Labute approximate surface area is 136 Å². The summed E-state index contributed by atoms with van der Waals surface area (Å²) in [6.07, 6.45) is 0.360. The third-order valence-electron chi connectivity index (χ3n) is 3.51. The van der Waals surface area contributed by atoms with Gasteiger partial charge in [0.2, 0.25) is 5.91 Å². The molecule has 0 spiro atoms. The quantitative estimate of drug-likeness (QED) is 0.880. The number of anilines is 2. The lowest BCUT2D eigenvalue weighted by atomic mass is 10.1. The van der Waals surface area contributed by atoms with Crippen molar-refractivity contribution in [3.8, 4) is 0 Å². The predicted octanol–water partition coefficient (Wildman–Crippen LogP) is 3.45. The molecule has 6 heteroatoms. The van der Waals surface area contributed by atoms with Gasteiger partial charge in [0.25, 0.3) is 10.0 Å². The van der Waals surface area contributed by atoms with E-state index in [4.69, 9.17) is 0 Å². The highest BCUT2D eigenvalue weighted by Gasteiger charge is 2.15. The summed E-state index contributed by atoms with van der Waals surface area (Å²) in [5.41, 5.74) is 2.90. The summed E-state index contributed by atoms with van der Waals surface area (Å²) in [6, 6.07) is 11.6. The van der Waals surface area contributed by atoms with Crippen molar-refractivity contribution in [3.63, 3.8) is 0 Å². The number of carbonyl (C=O) groups is 1. The van der Waals surface area contributed by atoms with Crippen LogP contribution in [0.1, 0.15) is 24.5 Å². The highest BCUT2D eigenvalue weighted by atomic mass is 32.2. The van der Waals surface area contributed by atoms with Crippen LogP contribution in [0.4, 0.5) is 11.4 Å². The summed E-state index contributed by atoms with van der Waals surface area (Å²) in [7, 11) is -3.67. The molecule has 2 aromatic rings. The van der Waals surface area contributed by atoms with Gasteiger partial charge in [-0.25, -0.2) is 8.42 Å². The lowest BCUT2D eigenvalue weighted by Crippen LogP contribution is -2.14. The molecule has 0 radical (unpaired) electrons. The van der Waals surface area contributed by atoms with Crippen LogP contribution >= 0.6 is 0 Å². The van der Waals surface area contributed by atoms with Gasteiger partial charge in [-0.3, -0.25) is 9.52 Å². The van der Waals surface area contributed by atoms with E-state index >= 15 is 0 Å². The lowest BCUT2D eigenvalue weighted by molar-refractivity contribution is -0.115. The predicted molar refractivity (Wildman–Crippen MR) is 92.1 cm³/mol. The summed E-state index contributed by atoms with van der Waals surface area (Å²) >= 11 is 0. The molecule has 0 heterocycles. The third-order valence-corrected chi connectivity index (χ3v) is 4.89. The van der Waals surface area contributed by atoms with Gasteiger partial charge in [0.1, 0.15) is 0 Å². The molecule has 2 rings (SSSR count). The van der Waals surface area contributed by atoms with Crippen LogP contribution < -0.4 is 10.0 Å². The van der Waals surface area contributed by atoms with Gasteiger partial charge in [0.05, 0.1) is 10.6 Å². The highest BCUT2D eigenvalue weighted by Crippen LogP contribution is 2.21. The van der Waals surface area contributed by atoms with Gasteiger partial charge in [0.15, 0.2) is 0 Å². The highest BCUT2D eigenvalue weighted by molar-refractivity contribution is 7.92. The minimum atomic E-state index is -3.67. The number of hydrogen-bond donors (Lipinski definition) is 2. The fourth-order valence-corrected chi connectivity index (χ4v) is 3.14. The van der Waals surface area contributed by atoms with Gasteiger partial charge in [0, 0.05) is 12.1 Å². The first-order chi connectivity index (χ1) is 10.8. The molecule has 2 aromatic carbocycles. The van der Waals surface area contributed by atoms with Gasteiger partial charge in [-0.1, -0.05) is 19.1 Å². The second-order valence-electron chi connectivity index (χ2n) is 5.33. The largest absolute Gasteiger partial charge is 0.326 e. The van der Waals surface area contributed by atoms with Crippen molar-refractivity contribution in [1.29, 1.82) is 0 Å². The van der Waals surface area contributed by atoms with Crippen LogP contribution in [0.5, 0.6) is 0 Å². The van der Waals surface area contributed by atoms with Crippen LogP contribution in [0, 0.1) is 13.8 Å². The number of nitrogens with one attached hydrogen (secondary N) is 2. The van der Waals surface area contributed by atoms with Crippen molar-refractivity contribution in [3.05, 3.63) is 53.6 Å². The molecule has 1 amide bonds. The van der Waals surface area contributed by atoms with Gasteiger partial charge < -0.3 is 5.32 Å². The van der Waals surface area contributed by atoms with Crippen molar-refractivity contribution in [2.75, 3.05) is 10.0 Å². The molecule has 0 saturated carbocycles. The SMILES string of the molecule is CCC(=O)Nc1cccc(NS(=O)(=O)c2ccc(C)c(C)c2)c1. The monoisotopic (exact) mass is 332 g/mol. The molecular formula is C17H20N2O3S. The number of rotatable bonds is 5. The van der Waals surface area contributed by atoms with Gasteiger partial charge >= 0.3 is 0 Å². The minimum Gasteiger partial charge on any atom is -0.326 e. The molecule has 0 saturated heterocycles. The van der Waals surface area contributed by atoms with E-state index in [1.165, 1.54) is 0 Å². The van der Waals surface area contributed by atoms with E-state index in [9.17, 15) is 13.2 Å². The molecule has 23 heavy (non-hydrogen) atoms. The maximum Gasteiger partial charge on any atom is 0.261 e. The second kappa shape index (κ2) is 6.83. The van der Waals surface area contributed by atoms with Crippen LogP contribution in [-0.2, 0) is 14.8 Å². The Kier molecular flexibility index (Phi) is 5.05. The Hall–Kier alpha value is -2.34.